The molecule has 1 aromatic rings. The fourth-order valence-electron chi connectivity index (χ4n) is 8.07. The highest BCUT2D eigenvalue weighted by atomic mass is 16.8. The Bertz CT molecular complexity index is 1100. The van der Waals surface area contributed by atoms with Gasteiger partial charge in [0.25, 0.3) is 0 Å². The van der Waals surface area contributed by atoms with Crippen LogP contribution in [0.3, 0.4) is 0 Å². The summed E-state index contributed by atoms with van der Waals surface area (Å²) in [7, 11) is 0. The second-order valence-corrected chi connectivity index (χ2v) is 12.9. The first-order valence-electron chi connectivity index (χ1n) is 15.9. The molecule has 2 aliphatic heterocycles. The van der Waals surface area contributed by atoms with Crippen molar-refractivity contribution in [3.63, 3.8) is 0 Å². The highest BCUT2D eigenvalue weighted by Gasteiger charge is 2.72. The number of aliphatic hydroxyl groups is 1. The van der Waals surface area contributed by atoms with Crippen LogP contribution in [0.1, 0.15) is 102 Å². The summed E-state index contributed by atoms with van der Waals surface area (Å²) >= 11 is 0. The van der Waals surface area contributed by atoms with E-state index in [2.05, 4.69) is 24.5 Å². The monoisotopic (exact) mass is 553 g/mol. The number of carbonyl (C=O) groups excluding carboxylic acids is 1. The van der Waals surface area contributed by atoms with Gasteiger partial charge in [-0.15, -0.1) is 0 Å². The van der Waals surface area contributed by atoms with Crippen LogP contribution in [0.5, 0.6) is 11.5 Å². The zero-order valence-corrected chi connectivity index (χ0v) is 24.3. The third-order valence-electron chi connectivity index (χ3n) is 10.3. The van der Waals surface area contributed by atoms with Gasteiger partial charge in [-0.05, 0) is 74.6 Å². The van der Waals surface area contributed by atoms with E-state index in [4.69, 9.17) is 18.9 Å². The Hall–Kier alpha value is -2.25. The number of ether oxygens (including phenoxy) is 4. The highest BCUT2D eigenvalue weighted by molar-refractivity contribution is 5.64. The van der Waals surface area contributed by atoms with Crippen molar-refractivity contribution in [1.29, 1.82) is 0 Å². The van der Waals surface area contributed by atoms with Gasteiger partial charge in [0.2, 0.25) is 6.79 Å². The van der Waals surface area contributed by atoms with E-state index in [1.165, 1.54) is 56.9 Å². The summed E-state index contributed by atoms with van der Waals surface area (Å²) in [6.45, 7) is 8.79. The van der Waals surface area contributed by atoms with Crippen LogP contribution in [-0.2, 0) is 21.3 Å². The van der Waals surface area contributed by atoms with Gasteiger partial charge in [-0.3, -0.25) is 4.90 Å². The molecular weight excluding hydrogens is 506 g/mol. The van der Waals surface area contributed by atoms with Crippen LogP contribution in [0.15, 0.2) is 24.3 Å². The summed E-state index contributed by atoms with van der Waals surface area (Å²) in [5.41, 5.74) is 2.04. The van der Waals surface area contributed by atoms with E-state index in [1.54, 1.807) is 0 Å². The van der Waals surface area contributed by atoms with Crippen LogP contribution >= 0.6 is 0 Å². The van der Waals surface area contributed by atoms with Crippen molar-refractivity contribution in [2.24, 2.45) is 5.92 Å². The van der Waals surface area contributed by atoms with E-state index < -0.39 is 17.2 Å². The number of hydrogen-bond acceptors (Lipinski definition) is 7. The first-order valence-corrected chi connectivity index (χ1v) is 15.9. The Balaban J connectivity index is 1.07. The molecule has 4 atom stereocenters. The maximum absolute atomic E-state index is 12.5. The van der Waals surface area contributed by atoms with Crippen molar-refractivity contribution < 1.29 is 28.8 Å². The van der Waals surface area contributed by atoms with Crippen LogP contribution in [-0.4, -0.2) is 60.4 Å². The van der Waals surface area contributed by atoms with Crippen LogP contribution in [0.25, 0.3) is 0 Å². The molecule has 2 saturated carbocycles. The number of nitrogens with zero attached hydrogens (tertiary/aromatic N) is 1. The first kappa shape index (κ1) is 27.9. The fourth-order valence-corrected chi connectivity index (χ4v) is 8.07. The highest BCUT2D eigenvalue weighted by Crippen LogP contribution is 2.66. The normalized spacial score (nSPS) is 30.0. The van der Waals surface area contributed by atoms with E-state index in [0.717, 1.165) is 68.7 Å². The zero-order valence-electron chi connectivity index (χ0n) is 24.3. The van der Waals surface area contributed by atoms with E-state index in [1.807, 2.05) is 6.07 Å². The summed E-state index contributed by atoms with van der Waals surface area (Å²) in [6, 6.07) is 4.14. The van der Waals surface area contributed by atoms with Crippen molar-refractivity contribution in [2.45, 2.75) is 120 Å². The predicted octanol–water partition coefficient (Wildman–Crippen LogP) is 6.44. The molecule has 7 heteroatoms. The largest absolute Gasteiger partial charge is 0.511 e. The van der Waals surface area contributed by atoms with Gasteiger partial charge in [-0.2, -0.15) is 0 Å². The van der Waals surface area contributed by atoms with Gasteiger partial charge in [-0.25, -0.2) is 4.79 Å². The number of benzene rings is 1. The minimum Gasteiger partial charge on any atom is -0.481 e. The topological polar surface area (TPSA) is 77.5 Å². The Morgan fingerprint density at radius 1 is 1.10 bits per heavy atom. The lowest BCUT2D eigenvalue weighted by molar-refractivity contribution is -0.174. The Kier molecular flexibility index (Phi) is 8.06. The molecule has 3 fully saturated rings. The molecule has 40 heavy (non-hydrogen) atoms. The van der Waals surface area contributed by atoms with Crippen LogP contribution in [0.2, 0.25) is 0 Å². The summed E-state index contributed by atoms with van der Waals surface area (Å²) < 4.78 is 23.0. The van der Waals surface area contributed by atoms with Crippen molar-refractivity contribution in [3.05, 3.63) is 35.4 Å². The molecule has 1 saturated heterocycles. The molecule has 0 radical (unpaired) electrons. The van der Waals surface area contributed by atoms with E-state index in [9.17, 15) is 9.90 Å². The third-order valence-corrected chi connectivity index (χ3v) is 10.3. The van der Waals surface area contributed by atoms with Gasteiger partial charge in [-0.1, -0.05) is 64.5 Å². The second kappa shape index (κ2) is 11.6. The molecule has 0 aromatic heterocycles. The second-order valence-electron chi connectivity index (χ2n) is 12.9. The van der Waals surface area contributed by atoms with Gasteiger partial charge >= 0.3 is 6.16 Å². The molecule has 1 unspecified atom stereocenters. The minimum atomic E-state index is -0.849. The Morgan fingerprint density at radius 2 is 1.88 bits per heavy atom. The van der Waals surface area contributed by atoms with Crippen molar-refractivity contribution in [2.75, 3.05) is 26.5 Å². The molecule has 1 spiro atoms. The Morgan fingerprint density at radius 3 is 2.65 bits per heavy atom. The zero-order chi connectivity index (χ0) is 27.7. The number of carbonyl (C=O) groups is 1. The van der Waals surface area contributed by atoms with Gasteiger partial charge < -0.3 is 24.1 Å². The number of piperidine rings is 1. The van der Waals surface area contributed by atoms with Crippen LogP contribution in [0.4, 0.5) is 4.79 Å². The molecule has 2 bridgehead atoms. The lowest BCUT2D eigenvalue weighted by atomic mass is 9.48. The molecule has 3 aliphatic carbocycles. The number of rotatable bonds is 14. The molecule has 1 aromatic carbocycles. The molecule has 2 heterocycles. The summed E-state index contributed by atoms with van der Waals surface area (Å²) in [6.07, 6.45) is 14.3. The average molecular weight is 554 g/mol. The summed E-state index contributed by atoms with van der Waals surface area (Å²) in [5.74, 6) is 2.02. The van der Waals surface area contributed by atoms with Gasteiger partial charge in [0.1, 0.15) is 6.10 Å². The number of likely N-dealkylation sites (tertiary alicyclic amines) is 1. The Labute approximate surface area is 239 Å². The standard InChI is InChI=1S/C33H47NO6/c1-3-4-5-6-7-8-9-10-19-37-31(35)39-22-38-26-14-13-25-20-27-33(36)16-15-23(2)30-32(33,28(25)29(26)40-30)17-18-34(27)21-24-11-12-24/h13-14,24,27,30,36H,2-12,15-22H2,1H3/t27?,30-,32-,33+/m0/s1. The van der Waals surface area contributed by atoms with Crippen molar-refractivity contribution in [1.82, 2.24) is 4.90 Å². The summed E-state index contributed by atoms with van der Waals surface area (Å²) in [5, 5.41) is 12.5. The molecule has 220 valence electrons. The third kappa shape index (κ3) is 4.91. The van der Waals surface area contributed by atoms with Crippen LogP contribution in [0, 0.1) is 5.92 Å². The SMILES string of the molecule is C=C1CC[C@@]2(O)C3Cc4ccc(OCOC(=O)OCCCCCCCCCC)c5c4[C@@]2(CCN3CC2CC2)[C@H]1O5. The van der Waals surface area contributed by atoms with Crippen LogP contribution < -0.4 is 9.47 Å². The smallest absolute Gasteiger partial charge is 0.481 e. The maximum Gasteiger partial charge on any atom is 0.511 e. The number of hydrogen-bond donors (Lipinski definition) is 1. The van der Waals surface area contributed by atoms with Gasteiger partial charge in [0.15, 0.2) is 11.5 Å². The fraction of sp³-hybridized carbons (Fsp3) is 0.727. The van der Waals surface area contributed by atoms with E-state index in [0.29, 0.717) is 18.1 Å². The number of unbranched alkanes of at least 4 members (excludes halogenated alkanes) is 7. The molecule has 1 N–H and O–H groups in total. The molecule has 5 aliphatic rings. The van der Waals surface area contributed by atoms with Gasteiger partial charge in [0, 0.05) is 18.2 Å². The maximum atomic E-state index is 12.5. The first-order chi connectivity index (χ1) is 19.5. The molecule has 0 amide bonds. The molecular formula is C33H47NO6. The average Bonchev–Trinajstić information content (AvgIpc) is 3.69. The predicted molar refractivity (Wildman–Crippen MR) is 153 cm³/mol. The summed E-state index contributed by atoms with van der Waals surface area (Å²) in [4.78, 5) is 14.7. The molecule has 6 rings (SSSR count). The van der Waals surface area contributed by atoms with E-state index in [-0.39, 0.29) is 18.9 Å². The van der Waals surface area contributed by atoms with E-state index >= 15 is 0 Å². The van der Waals surface area contributed by atoms with Crippen molar-refractivity contribution >= 4 is 6.16 Å². The quantitative estimate of drug-likeness (QED) is 0.123. The minimum absolute atomic E-state index is 0.102. The lowest BCUT2D eigenvalue weighted by Gasteiger charge is -2.63. The molecule has 7 nitrogen and oxygen atoms in total. The lowest BCUT2D eigenvalue weighted by Crippen LogP contribution is -2.75. The van der Waals surface area contributed by atoms with Crippen molar-refractivity contribution in [3.8, 4) is 11.5 Å². The van der Waals surface area contributed by atoms with Gasteiger partial charge in [0.05, 0.1) is 17.6 Å².